The van der Waals surface area contributed by atoms with E-state index in [-0.39, 0.29) is 16.7 Å². The normalized spacial score (nSPS) is 12.1. The molecule has 6 heteroatoms. The first kappa shape index (κ1) is 20.1. The van der Waals surface area contributed by atoms with Gasteiger partial charge in [-0.3, -0.25) is 14.2 Å². The van der Waals surface area contributed by atoms with Gasteiger partial charge in [-0.2, -0.15) is 0 Å². The van der Waals surface area contributed by atoms with E-state index in [2.05, 4.69) is 16.4 Å². The number of para-hydroxylation sites is 1. The van der Waals surface area contributed by atoms with Crippen molar-refractivity contribution in [3.05, 3.63) is 63.9 Å². The Morgan fingerprint density at radius 2 is 1.82 bits per heavy atom. The number of hydrogen-bond acceptors (Lipinski definition) is 4. The Morgan fingerprint density at radius 3 is 2.46 bits per heavy atom. The maximum Gasteiger partial charge on any atom is 0.262 e. The number of nitrogens with zero attached hydrogens (tertiary/aromatic N) is 2. The summed E-state index contributed by atoms with van der Waals surface area (Å²) in [6, 6.07) is 13.3. The van der Waals surface area contributed by atoms with Gasteiger partial charge >= 0.3 is 0 Å². The van der Waals surface area contributed by atoms with Crippen LogP contribution in [0.3, 0.4) is 0 Å². The van der Waals surface area contributed by atoms with Crippen LogP contribution in [0.2, 0.25) is 0 Å². The smallest absolute Gasteiger partial charge is 0.262 e. The van der Waals surface area contributed by atoms with Crippen LogP contribution in [-0.4, -0.2) is 20.7 Å². The van der Waals surface area contributed by atoms with Crippen molar-refractivity contribution in [2.24, 2.45) is 0 Å². The van der Waals surface area contributed by atoms with Crippen molar-refractivity contribution >= 4 is 34.3 Å². The van der Waals surface area contributed by atoms with E-state index in [4.69, 9.17) is 0 Å². The van der Waals surface area contributed by atoms with Gasteiger partial charge in [-0.25, -0.2) is 4.98 Å². The van der Waals surface area contributed by atoms with Crippen molar-refractivity contribution in [1.29, 1.82) is 0 Å². The predicted octanol–water partition coefficient (Wildman–Crippen LogP) is 4.54. The van der Waals surface area contributed by atoms with Crippen molar-refractivity contribution in [3.8, 4) is 0 Å². The molecule has 3 rings (SSSR count). The number of nitrogens with one attached hydrogen (secondary N) is 1. The van der Waals surface area contributed by atoms with Gasteiger partial charge in [-0.05, 0) is 62.6 Å². The van der Waals surface area contributed by atoms with Gasteiger partial charge < -0.3 is 5.32 Å². The summed E-state index contributed by atoms with van der Waals surface area (Å²) >= 11 is 1.34. The van der Waals surface area contributed by atoms with Crippen molar-refractivity contribution in [2.45, 2.75) is 51.1 Å². The van der Waals surface area contributed by atoms with E-state index in [0.29, 0.717) is 29.0 Å². The molecule has 0 saturated carbocycles. The number of amides is 1. The molecule has 1 amide bonds. The lowest BCUT2D eigenvalue weighted by molar-refractivity contribution is -0.115. The number of rotatable bonds is 6. The van der Waals surface area contributed by atoms with Crippen LogP contribution in [0.15, 0.2) is 52.4 Å². The second kappa shape index (κ2) is 8.61. The van der Waals surface area contributed by atoms with Crippen molar-refractivity contribution in [3.63, 3.8) is 0 Å². The summed E-state index contributed by atoms with van der Waals surface area (Å²) in [6.07, 6.45) is 0.633. The lowest BCUT2D eigenvalue weighted by atomic mass is 10.1. The van der Waals surface area contributed by atoms with E-state index in [9.17, 15) is 9.59 Å². The summed E-state index contributed by atoms with van der Waals surface area (Å²) in [6.45, 7) is 8.40. The Labute approximate surface area is 169 Å². The maximum absolute atomic E-state index is 12.9. The molecule has 0 aliphatic rings. The van der Waals surface area contributed by atoms with Crippen molar-refractivity contribution < 1.29 is 4.79 Å². The Balaban J connectivity index is 1.90. The molecule has 0 fully saturated rings. The zero-order valence-electron chi connectivity index (χ0n) is 16.7. The third kappa shape index (κ3) is 4.28. The van der Waals surface area contributed by atoms with E-state index in [1.54, 1.807) is 10.6 Å². The van der Waals surface area contributed by atoms with Crippen LogP contribution in [0, 0.1) is 13.8 Å². The second-order valence-electron chi connectivity index (χ2n) is 6.84. The van der Waals surface area contributed by atoms with Gasteiger partial charge in [-0.15, -0.1) is 0 Å². The molecule has 1 N–H and O–H groups in total. The fourth-order valence-electron chi connectivity index (χ4n) is 3.24. The van der Waals surface area contributed by atoms with E-state index in [1.165, 1.54) is 11.8 Å². The number of hydrogen-bond donors (Lipinski definition) is 1. The highest BCUT2D eigenvalue weighted by Crippen LogP contribution is 2.26. The molecule has 0 aliphatic carbocycles. The summed E-state index contributed by atoms with van der Waals surface area (Å²) in [5, 5.41) is 3.84. The highest BCUT2D eigenvalue weighted by atomic mass is 32.2. The van der Waals surface area contributed by atoms with Gasteiger partial charge in [0.25, 0.3) is 5.56 Å². The summed E-state index contributed by atoms with van der Waals surface area (Å²) in [5.74, 6) is -0.0810. The summed E-state index contributed by atoms with van der Waals surface area (Å²) in [4.78, 5) is 30.3. The van der Waals surface area contributed by atoms with Gasteiger partial charge in [0.15, 0.2) is 5.16 Å². The molecule has 3 aromatic rings. The van der Waals surface area contributed by atoms with Gasteiger partial charge in [0.05, 0.1) is 16.2 Å². The zero-order valence-corrected chi connectivity index (χ0v) is 17.5. The Bertz CT molecular complexity index is 1050. The molecular formula is C22H25N3O2S. The van der Waals surface area contributed by atoms with E-state index >= 15 is 0 Å². The predicted molar refractivity (Wildman–Crippen MR) is 116 cm³/mol. The number of carbonyl (C=O) groups is 1. The number of carbonyl (C=O) groups excluding carboxylic acids is 1. The maximum atomic E-state index is 12.9. The van der Waals surface area contributed by atoms with E-state index < -0.39 is 0 Å². The first-order chi connectivity index (χ1) is 13.4. The molecular weight excluding hydrogens is 370 g/mol. The molecule has 0 saturated heterocycles. The van der Waals surface area contributed by atoms with E-state index in [1.807, 2.05) is 58.0 Å². The minimum atomic E-state index is -0.341. The topological polar surface area (TPSA) is 64.0 Å². The largest absolute Gasteiger partial charge is 0.325 e. The molecule has 1 aromatic heterocycles. The highest BCUT2D eigenvalue weighted by Gasteiger charge is 2.22. The third-order valence-corrected chi connectivity index (χ3v) is 5.90. The van der Waals surface area contributed by atoms with Crippen LogP contribution in [0.5, 0.6) is 0 Å². The Morgan fingerprint density at radius 1 is 1.14 bits per heavy atom. The number of benzene rings is 2. The number of aryl methyl sites for hydroxylation is 2. The van der Waals surface area contributed by atoms with Crippen molar-refractivity contribution in [2.75, 3.05) is 5.32 Å². The zero-order chi connectivity index (χ0) is 20.3. The molecule has 2 aromatic carbocycles. The fraction of sp³-hybridized carbons (Fsp3) is 0.318. The van der Waals surface area contributed by atoms with Crippen molar-refractivity contribution in [1.82, 2.24) is 9.55 Å². The Kier molecular flexibility index (Phi) is 6.19. The summed E-state index contributed by atoms with van der Waals surface area (Å²) in [5.41, 5.74) is 3.59. The first-order valence-corrected chi connectivity index (χ1v) is 10.4. The molecule has 0 aliphatic heterocycles. The van der Waals surface area contributed by atoms with Gasteiger partial charge in [0.1, 0.15) is 0 Å². The second-order valence-corrected chi connectivity index (χ2v) is 8.01. The highest BCUT2D eigenvalue weighted by molar-refractivity contribution is 8.00. The first-order valence-electron chi connectivity index (χ1n) is 9.48. The van der Waals surface area contributed by atoms with Crippen LogP contribution in [0.1, 0.15) is 31.4 Å². The van der Waals surface area contributed by atoms with Gasteiger partial charge in [0, 0.05) is 12.2 Å². The van der Waals surface area contributed by atoms with Gasteiger partial charge in [0.2, 0.25) is 5.91 Å². The minimum absolute atomic E-state index is 0.0693. The molecule has 146 valence electrons. The molecule has 1 heterocycles. The molecule has 1 atom stereocenters. The average molecular weight is 396 g/mol. The minimum Gasteiger partial charge on any atom is -0.325 e. The van der Waals surface area contributed by atoms with Crippen LogP contribution < -0.4 is 10.9 Å². The van der Waals surface area contributed by atoms with Crippen LogP contribution >= 0.6 is 11.8 Å². The number of aromatic nitrogens is 2. The third-order valence-electron chi connectivity index (χ3n) is 4.54. The quantitative estimate of drug-likeness (QED) is 0.491. The van der Waals surface area contributed by atoms with Crippen LogP contribution in [0.25, 0.3) is 10.9 Å². The molecule has 1 unspecified atom stereocenters. The number of anilines is 1. The molecule has 28 heavy (non-hydrogen) atoms. The lowest BCUT2D eigenvalue weighted by Crippen LogP contribution is -2.28. The number of fused-ring (bicyclic) bond motifs is 1. The molecule has 0 bridgehead atoms. The Hall–Kier alpha value is -2.60. The molecule has 0 spiro atoms. The monoisotopic (exact) mass is 395 g/mol. The number of thioether (sulfide) groups is 1. The van der Waals surface area contributed by atoms with Gasteiger partial charge in [-0.1, -0.05) is 36.9 Å². The SMILES string of the molecule is CCC(Sc1nc2ccccc2c(=O)n1CC)C(=O)Nc1cc(C)cc(C)c1. The lowest BCUT2D eigenvalue weighted by Gasteiger charge is -2.17. The van der Waals surface area contributed by atoms with Crippen LogP contribution in [0.4, 0.5) is 5.69 Å². The fourth-order valence-corrected chi connectivity index (χ4v) is 4.31. The van der Waals surface area contributed by atoms with E-state index in [0.717, 1.165) is 16.8 Å². The summed E-state index contributed by atoms with van der Waals surface area (Å²) in [7, 11) is 0. The summed E-state index contributed by atoms with van der Waals surface area (Å²) < 4.78 is 1.64. The average Bonchev–Trinajstić information content (AvgIpc) is 2.65. The van der Waals surface area contributed by atoms with Crippen LogP contribution in [-0.2, 0) is 11.3 Å². The standard InChI is InChI=1S/C22H25N3O2S/c1-5-19(20(26)23-16-12-14(3)11-15(4)13-16)28-22-24-18-10-8-7-9-17(18)21(27)25(22)6-2/h7-13,19H,5-6H2,1-4H3,(H,23,26). The molecule has 0 radical (unpaired) electrons. The molecule has 5 nitrogen and oxygen atoms in total.